The van der Waals surface area contributed by atoms with Crippen molar-refractivity contribution < 1.29 is 9.59 Å². The lowest BCUT2D eigenvalue weighted by atomic mass is 9.93. The molecule has 1 fully saturated rings. The fourth-order valence-corrected chi connectivity index (χ4v) is 6.66. The molecule has 0 radical (unpaired) electrons. The van der Waals surface area contributed by atoms with Crippen LogP contribution in [0.4, 0.5) is 0 Å². The van der Waals surface area contributed by atoms with Crippen molar-refractivity contribution in [2.24, 2.45) is 0 Å². The highest BCUT2D eigenvalue weighted by Crippen LogP contribution is 2.37. The molecule has 7 heteroatoms. The molecule has 0 aliphatic carbocycles. The number of fused-ring (bicyclic) bond motifs is 1. The van der Waals surface area contributed by atoms with Crippen LogP contribution in [0.1, 0.15) is 33.8 Å². The van der Waals surface area contributed by atoms with Crippen molar-refractivity contribution in [3.63, 3.8) is 0 Å². The van der Waals surface area contributed by atoms with Gasteiger partial charge in [-0.3, -0.25) is 14.5 Å². The van der Waals surface area contributed by atoms with Crippen LogP contribution in [-0.4, -0.2) is 65.3 Å². The molecular formula is C26H29N3O2S2. The van der Waals surface area contributed by atoms with Gasteiger partial charge in [0, 0.05) is 42.0 Å². The van der Waals surface area contributed by atoms with Gasteiger partial charge in [-0.1, -0.05) is 36.4 Å². The molecule has 5 nitrogen and oxygen atoms in total. The van der Waals surface area contributed by atoms with Gasteiger partial charge in [0.25, 0.3) is 0 Å². The molecule has 3 aromatic rings. The first-order valence-corrected chi connectivity index (χ1v) is 13.3. The number of carbonyl (C=O) groups excluding carboxylic acids is 2. The summed E-state index contributed by atoms with van der Waals surface area (Å²) < 4.78 is 0. The zero-order valence-corrected chi connectivity index (χ0v) is 20.5. The molecule has 5 rings (SSSR count). The van der Waals surface area contributed by atoms with Crippen LogP contribution in [0.15, 0.2) is 59.3 Å². The minimum Gasteiger partial charge on any atom is -0.338 e. The Labute approximate surface area is 203 Å². The van der Waals surface area contributed by atoms with E-state index >= 15 is 0 Å². The number of hydrogen-bond acceptors (Lipinski definition) is 5. The molecular weight excluding hydrogens is 450 g/mol. The third-order valence-electron chi connectivity index (χ3n) is 6.73. The molecule has 0 unspecified atom stereocenters. The third kappa shape index (κ3) is 4.76. The molecule has 2 atom stereocenters. The Bertz CT molecular complexity index is 1100. The van der Waals surface area contributed by atoms with Crippen LogP contribution in [0.2, 0.25) is 0 Å². The molecule has 0 N–H and O–H groups in total. The number of rotatable bonds is 5. The number of thiophene rings is 2. The van der Waals surface area contributed by atoms with E-state index in [2.05, 4.69) is 47.5 Å². The number of carbonyl (C=O) groups is 2. The predicted octanol–water partition coefficient (Wildman–Crippen LogP) is 4.06. The summed E-state index contributed by atoms with van der Waals surface area (Å²) in [7, 11) is 0. The van der Waals surface area contributed by atoms with Crippen LogP contribution in [0.3, 0.4) is 0 Å². The maximum Gasteiger partial charge on any atom is 0.236 e. The number of benzene rings is 1. The third-order valence-corrected chi connectivity index (χ3v) is 8.60. The standard InChI is InChI=1S/C26H29N3O2S2/c1-19-17-27(12-13-29(19)24(30)16-21-8-5-14-32-21)25(31)18-28-11-9-23-22(10-15-33-23)26(28)20-6-3-2-4-7-20/h2-8,10,14-15,19,26H,9,11-13,16-18H2,1H3/t19-,26-/m1/s1. The average molecular weight is 480 g/mol. The Morgan fingerprint density at radius 1 is 0.939 bits per heavy atom. The normalized spacial score (nSPS) is 21.1. The van der Waals surface area contributed by atoms with Gasteiger partial charge in [0.1, 0.15) is 0 Å². The van der Waals surface area contributed by atoms with Gasteiger partial charge in [-0.25, -0.2) is 0 Å². The lowest BCUT2D eigenvalue weighted by molar-refractivity contribution is -0.143. The van der Waals surface area contributed by atoms with Crippen molar-refractivity contribution in [3.8, 4) is 0 Å². The van der Waals surface area contributed by atoms with E-state index in [-0.39, 0.29) is 23.9 Å². The second-order valence-corrected chi connectivity index (χ2v) is 10.9. The molecule has 0 bridgehead atoms. The number of nitrogens with zero attached hydrogens (tertiary/aromatic N) is 3. The number of amides is 2. The van der Waals surface area contributed by atoms with Crippen molar-refractivity contribution >= 4 is 34.5 Å². The summed E-state index contributed by atoms with van der Waals surface area (Å²) >= 11 is 3.44. The zero-order chi connectivity index (χ0) is 22.8. The van der Waals surface area contributed by atoms with Gasteiger partial charge >= 0.3 is 0 Å². The van der Waals surface area contributed by atoms with Gasteiger partial charge in [-0.05, 0) is 47.4 Å². The summed E-state index contributed by atoms with van der Waals surface area (Å²) in [5.74, 6) is 0.314. The van der Waals surface area contributed by atoms with Crippen LogP contribution in [0, 0.1) is 0 Å². The summed E-state index contributed by atoms with van der Waals surface area (Å²) in [6, 6.07) is 16.9. The summed E-state index contributed by atoms with van der Waals surface area (Å²) in [6.07, 6.45) is 1.44. The van der Waals surface area contributed by atoms with Gasteiger partial charge < -0.3 is 9.80 Å². The van der Waals surface area contributed by atoms with Gasteiger partial charge in [-0.2, -0.15) is 0 Å². The van der Waals surface area contributed by atoms with E-state index in [1.807, 2.05) is 44.7 Å². The van der Waals surface area contributed by atoms with E-state index in [9.17, 15) is 9.59 Å². The van der Waals surface area contributed by atoms with Crippen molar-refractivity contribution in [1.82, 2.24) is 14.7 Å². The monoisotopic (exact) mass is 479 g/mol. The zero-order valence-electron chi connectivity index (χ0n) is 18.9. The summed E-state index contributed by atoms with van der Waals surface area (Å²) in [5, 5.41) is 4.17. The van der Waals surface area contributed by atoms with Crippen LogP contribution < -0.4 is 0 Å². The molecule has 2 aliphatic heterocycles. The maximum absolute atomic E-state index is 13.4. The fourth-order valence-electron chi connectivity index (χ4n) is 5.06. The van der Waals surface area contributed by atoms with Crippen molar-refractivity contribution in [2.45, 2.75) is 31.8 Å². The second kappa shape index (κ2) is 9.79. The summed E-state index contributed by atoms with van der Waals surface area (Å²) in [6.45, 7) is 5.15. The molecule has 2 amide bonds. The number of piperazine rings is 1. The Balaban J connectivity index is 1.24. The van der Waals surface area contributed by atoms with Gasteiger partial charge in [-0.15, -0.1) is 22.7 Å². The molecule has 172 valence electrons. The molecule has 33 heavy (non-hydrogen) atoms. The Morgan fingerprint density at radius 3 is 2.55 bits per heavy atom. The first-order valence-electron chi connectivity index (χ1n) is 11.5. The summed E-state index contributed by atoms with van der Waals surface area (Å²) in [5.41, 5.74) is 2.57. The molecule has 1 saturated heterocycles. The van der Waals surface area contributed by atoms with E-state index in [1.54, 1.807) is 11.3 Å². The van der Waals surface area contributed by atoms with E-state index in [0.29, 0.717) is 32.6 Å². The van der Waals surface area contributed by atoms with Gasteiger partial charge in [0.2, 0.25) is 11.8 Å². The molecule has 1 aromatic carbocycles. The predicted molar refractivity (Wildman–Crippen MR) is 134 cm³/mol. The quantitative estimate of drug-likeness (QED) is 0.554. The lowest BCUT2D eigenvalue weighted by Crippen LogP contribution is -2.57. The minimum atomic E-state index is 0.0323. The van der Waals surface area contributed by atoms with Crippen molar-refractivity contribution in [3.05, 3.63) is 80.2 Å². The topological polar surface area (TPSA) is 43.9 Å². The Kier molecular flexibility index (Phi) is 6.62. The van der Waals surface area contributed by atoms with Crippen LogP contribution in [-0.2, 0) is 22.4 Å². The van der Waals surface area contributed by atoms with Gasteiger partial charge in [0.05, 0.1) is 19.0 Å². The first kappa shape index (κ1) is 22.3. The van der Waals surface area contributed by atoms with Crippen molar-refractivity contribution in [2.75, 3.05) is 32.7 Å². The maximum atomic E-state index is 13.4. The highest BCUT2D eigenvalue weighted by Gasteiger charge is 2.34. The largest absolute Gasteiger partial charge is 0.338 e. The Hall–Kier alpha value is -2.48. The lowest BCUT2D eigenvalue weighted by Gasteiger charge is -2.42. The highest BCUT2D eigenvalue weighted by molar-refractivity contribution is 7.10. The SMILES string of the molecule is C[C@@H]1CN(C(=O)CN2CCc3sccc3[C@H]2c2ccccc2)CCN1C(=O)Cc1cccs1. The van der Waals surface area contributed by atoms with Crippen LogP contribution in [0.5, 0.6) is 0 Å². The van der Waals surface area contributed by atoms with E-state index < -0.39 is 0 Å². The smallest absolute Gasteiger partial charge is 0.236 e. The van der Waals surface area contributed by atoms with Crippen molar-refractivity contribution in [1.29, 1.82) is 0 Å². The molecule has 0 saturated carbocycles. The van der Waals surface area contributed by atoms with E-state index in [1.165, 1.54) is 16.0 Å². The highest BCUT2D eigenvalue weighted by atomic mass is 32.1. The second-order valence-electron chi connectivity index (χ2n) is 8.86. The molecule has 0 spiro atoms. The van der Waals surface area contributed by atoms with Gasteiger partial charge in [0.15, 0.2) is 0 Å². The molecule has 2 aromatic heterocycles. The van der Waals surface area contributed by atoms with Crippen LogP contribution in [0.25, 0.3) is 0 Å². The van der Waals surface area contributed by atoms with E-state index in [0.717, 1.165) is 17.8 Å². The van der Waals surface area contributed by atoms with Crippen LogP contribution >= 0.6 is 22.7 Å². The van der Waals surface area contributed by atoms with E-state index in [4.69, 9.17) is 0 Å². The molecule has 4 heterocycles. The number of hydrogen-bond donors (Lipinski definition) is 0. The first-order chi connectivity index (χ1) is 16.1. The summed E-state index contributed by atoms with van der Waals surface area (Å²) in [4.78, 5) is 34.9. The molecule has 2 aliphatic rings. The fraction of sp³-hybridized carbons (Fsp3) is 0.385. The average Bonchev–Trinajstić information content (AvgIpc) is 3.51. The Morgan fingerprint density at radius 2 is 1.79 bits per heavy atom. The minimum absolute atomic E-state index is 0.0323.